The van der Waals surface area contributed by atoms with Crippen LogP contribution in [0.25, 0.3) is 6.08 Å². The molecule has 0 bridgehead atoms. The number of hydrogen-bond donors (Lipinski definition) is 2. The fourth-order valence-corrected chi connectivity index (χ4v) is 4.64. The number of nitrogens with zero attached hydrogens (tertiary/aromatic N) is 1. The minimum Gasteiger partial charge on any atom is -0.349 e. The van der Waals surface area contributed by atoms with E-state index in [1.54, 1.807) is 11.0 Å². The first-order valence-electron chi connectivity index (χ1n) is 10.6. The van der Waals surface area contributed by atoms with Crippen LogP contribution in [0.1, 0.15) is 25.3 Å². The topological polar surface area (TPSA) is 53.9 Å². The standard InChI is InChI=1S/C24H28ClN3O2S/c1-3-4-13-27(2)14-12-26-23(29)17-28-20-10-5-6-11-21(20)31-22(24(28)30)16-18-8-7-9-19(25)15-18/h5-11,15-16H,3-4,12-14,17H2,1-2H3,(H,26,29)/p+1. The van der Waals surface area contributed by atoms with Gasteiger partial charge in [-0.05, 0) is 42.3 Å². The molecule has 2 aromatic rings. The van der Waals surface area contributed by atoms with Crippen LogP contribution in [-0.2, 0) is 9.59 Å². The average Bonchev–Trinajstić information content (AvgIpc) is 2.75. The molecule has 2 N–H and O–H groups in total. The number of fused-ring (bicyclic) bond motifs is 1. The summed E-state index contributed by atoms with van der Waals surface area (Å²) in [7, 11) is 2.14. The van der Waals surface area contributed by atoms with E-state index in [4.69, 9.17) is 11.6 Å². The first-order valence-corrected chi connectivity index (χ1v) is 11.8. The van der Waals surface area contributed by atoms with Gasteiger partial charge in [0.1, 0.15) is 6.54 Å². The molecule has 0 saturated carbocycles. The highest BCUT2D eigenvalue weighted by Crippen LogP contribution is 2.41. The number of rotatable bonds is 9. The van der Waals surface area contributed by atoms with Crippen LogP contribution in [0, 0.1) is 0 Å². The van der Waals surface area contributed by atoms with Gasteiger partial charge >= 0.3 is 0 Å². The molecule has 7 heteroatoms. The maximum Gasteiger partial charge on any atom is 0.265 e. The fourth-order valence-electron chi connectivity index (χ4n) is 3.39. The second-order valence-corrected chi connectivity index (χ2v) is 9.21. The van der Waals surface area contributed by atoms with Gasteiger partial charge in [-0.3, -0.25) is 14.5 Å². The Morgan fingerprint density at radius 3 is 2.77 bits per heavy atom. The number of amides is 2. The lowest BCUT2D eigenvalue weighted by atomic mass is 10.2. The molecule has 5 nitrogen and oxygen atoms in total. The maximum atomic E-state index is 13.2. The Kier molecular flexibility index (Phi) is 8.58. The van der Waals surface area contributed by atoms with Crippen molar-refractivity contribution in [3.8, 4) is 0 Å². The summed E-state index contributed by atoms with van der Waals surface area (Å²) in [5.41, 5.74) is 1.62. The molecule has 31 heavy (non-hydrogen) atoms. The molecule has 1 aliphatic heterocycles. The van der Waals surface area contributed by atoms with Crippen LogP contribution in [0.4, 0.5) is 5.69 Å². The summed E-state index contributed by atoms with van der Waals surface area (Å²) < 4.78 is 0. The number of likely N-dealkylation sites (N-methyl/N-ethyl adjacent to an activating group) is 1. The summed E-state index contributed by atoms with van der Waals surface area (Å²) in [4.78, 5) is 30.3. The Hall–Kier alpha value is -2.28. The molecule has 0 radical (unpaired) electrons. The highest BCUT2D eigenvalue weighted by molar-refractivity contribution is 8.04. The number of unbranched alkanes of at least 4 members (excludes halogenated alkanes) is 1. The molecule has 1 atom stereocenters. The van der Waals surface area contributed by atoms with Crippen LogP contribution >= 0.6 is 23.4 Å². The van der Waals surface area contributed by atoms with Crippen LogP contribution in [0.15, 0.2) is 58.3 Å². The van der Waals surface area contributed by atoms with Gasteiger partial charge in [0, 0.05) is 9.92 Å². The largest absolute Gasteiger partial charge is 0.349 e. The van der Waals surface area contributed by atoms with Gasteiger partial charge in [0.15, 0.2) is 0 Å². The number of nitrogens with one attached hydrogen (secondary N) is 2. The van der Waals surface area contributed by atoms with Crippen molar-refractivity contribution in [2.75, 3.05) is 38.1 Å². The molecule has 0 spiro atoms. The molecule has 1 heterocycles. The molecule has 0 fully saturated rings. The molecule has 0 aliphatic carbocycles. The first kappa shape index (κ1) is 23.4. The van der Waals surface area contributed by atoms with Gasteiger partial charge in [-0.25, -0.2) is 0 Å². The molecule has 0 saturated heterocycles. The summed E-state index contributed by atoms with van der Waals surface area (Å²) in [5.74, 6) is -0.329. The summed E-state index contributed by atoms with van der Waals surface area (Å²) in [6, 6.07) is 15.0. The molecular weight excluding hydrogens is 430 g/mol. The molecular formula is C24H29ClN3O2S+. The average molecular weight is 459 g/mol. The van der Waals surface area contributed by atoms with E-state index in [-0.39, 0.29) is 18.4 Å². The Labute approximate surface area is 193 Å². The summed E-state index contributed by atoms with van der Waals surface area (Å²) in [5, 5.41) is 3.58. The van der Waals surface area contributed by atoms with Crippen molar-refractivity contribution in [1.29, 1.82) is 0 Å². The number of anilines is 1. The van der Waals surface area contributed by atoms with E-state index < -0.39 is 0 Å². The van der Waals surface area contributed by atoms with E-state index in [2.05, 4.69) is 19.3 Å². The first-order chi connectivity index (χ1) is 15.0. The summed E-state index contributed by atoms with van der Waals surface area (Å²) >= 11 is 7.51. The predicted octanol–water partition coefficient (Wildman–Crippen LogP) is 3.25. The third kappa shape index (κ3) is 6.60. The normalized spacial score (nSPS) is 15.6. The van der Waals surface area contributed by atoms with Crippen LogP contribution in [0.2, 0.25) is 5.02 Å². The van der Waals surface area contributed by atoms with Crippen molar-refractivity contribution in [3.05, 3.63) is 64.0 Å². The monoisotopic (exact) mass is 458 g/mol. The molecule has 3 rings (SSSR count). The van der Waals surface area contributed by atoms with Crippen molar-refractivity contribution in [2.45, 2.75) is 24.7 Å². The second-order valence-electron chi connectivity index (χ2n) is 7.69. The van der Waals surface area contributed by atoms with E-state index in [1.807, 2.05) is 48.5 Å². The van der Waals surface area contributed by atoms with E-state index in [9.17, 15) is 9.59 Å². The van der Waals surface area contributed by atoms with E-state index in [0.29, 0.717) is 16.5 Å². The van der Waals surface area contributed by atoms with Gasteiger partial charge < -0.3 is 10.2 Å². The zero-order valence-electron chi connectivity index (χ0n) is 18.0. The van der Waals surface area contributed by atoms with Gasteiger partial charge in [0.05, 0.1) is 37.3 Å². The van der Waals surface area contributed by atoms with Crippen LogP contribution in [0.5, 0.6) is 0 Å². The SMILES string of the molecule is CCCC[NH+](C)CCNC(=O)CN1C(=O)C(=Cc2cccc(Cl)c2)Sc2ccccc21. The Balaban J connectivity index is 1.71. The Bertz CT molecular complexity index is 963. The van der Waals surface area contributed by atoms with Crippen molar-refractivity contribution in [3.63, 3.8) is 0 Å². The number of para-hydroxylation sites is 1. The molecule has 0 aromatic heterocycles. The van der Waals surface area contributed by atoms with E-state index in [1.165, 1.54) is 29.5 Å². The van der Waals surface area contributed by atoms with Crippen LogP contribution in [-0.4, -0.2) is 45.0 Å². The zero-order chi connectivity index (χ0) is 22.2. The van der Waals surface area contributed by atoms with Crippen molar-refractivity contribution in [2.24, 2.45) is 0 Å². The van der Waals surface area contributed by atoms with Crippen molar-refractivity contribution in [1.82, 2.24) is 5.32 Å². The van der Waals surface area contributed by atoms with Crippen molar-refractivity contribution >= 4 is 46.9 Å². The van der Waals surface area contributed by atoms with Crippen molar-refractivity contribution < 1.29 is 14.5 Å². The third-order valence-electron chi connectivity index (χ3n) is 5.11. The van der Waals surface area contributed by atoms with Gasteiger partial charge in [-0.2, -0.15) is 0 Å². The van der Waals surface area contributed by atoms with Crippen LogP contribution in [0.3, 0.4) is 0 Å². The number of benzene rings is 2. The maximum absolute atomic E-state index is 13.2. The zero-order valence-corrected chi connectivity index (χ0v) is 19.6. The van der Waals surface area contributed by atoms with Crippen LogP contribution < -0.4 is 15.1 Å². The predicted molar refractivity (Wildman–Crippen MR) is 129 cm³/mol. The molecule has 1 unspecified atom stereocenters. The van der Waals surface area contributed by atoms with E-state index >= 15 is 0 Å². The summed E-state index contributed by atoms with van der Waals surface area (Å²) in [6.07, 6.45) is 4.17. The van der Waals surface area contributed by atoms with Gasteiger partial charge in [-0.1, -0.05) is 61.0 Å². The second kappa shape index (κ2) is 11.4. The van der Waals surface area contributed by atoms with Gasteiger partial charge in [-0.15, -0.1) is 0 Å². The minimum atomic E-state index is -0.176. The minimum absolute atomic E-state index is 0.00268. The number of quaternary nitrogens is 1. The number of hydrogen-bond acceptors (Lipinski definition) is 3. The van der Waals surface area contributed by atoms with Gasteiger partial charge in [0.2, 0.25) is 5.91 Å². The summed E-state index contributed by atoms with van der Waals surface area (Å²) in [6.45, 7) is 4.73. The molecule has 2 aromatic carbocycles. The lowest BCUT2D eigenvalue weighted by Crippen LogP contribution is -3.09. The number of carbonyl (C=O) groups is 2. The fraction of sp³-hybridized carbons (Fsp3) is 0.333. The Morgan fingerprint density at radius 1 is 1.19 bits per heavy atom. The quantitative estimate of drug-likeness (QED) is 0.567. The molecule has 1 aliphatic rings. The Morgan fingerprint density at radius 2 is 2.00 bits per heavy atom. The lowest BCUT2D eigenvalue weighted by molar-refractivity contribution is -0.878. The smallest absolute Gasteiger partial charge is 0.265 e. The molecule has 164 valence electrons. The number of thioether (sulfide) groups is 1. The third-order valence-corrected chi connectivity index (χ3v) is 6.42. The molecule has 2 amide bonds. The van der Waals surface area contributed by atoms with Gasteiger partial charge in [0.25, 0.3) is 5.91 Å². The highest BCUT2D eigenvalue weighted by atomic mass is 35.5. The lowest BCUT2D eigenvalue weighted by Gasteiger charge is -2.29. The number of carbonyl (C=O) groups excluding carboxylic acids is 2. The van der Waals surface area contributed by atoms with E-state index in [0.717, 1.165) is 29.2 Å². The number of halogens is 1. The highest BCUT2D eigenvalue weighted by Gasteiger charge is 2.30.